The van der Waals surface area contributed by atoms with Gasteiger partial charge in [-0.15, -0.1) is 0 Å². The monoisotopic (exact) mass is 341 g/mol. The molecule has 2 N–H and O–H groups in total. The zero-order valence-corrected chi connectivity index (χ0v) is 13.8. The van der Waals surface area contributed by atoms with Gasteiger partial charge in [0.1, 0.15) is 5.15 Å². The van der Waals surface area contributed by atoms with Gasteiger partial charge in [0.05, 0.1) is 11.3 Å². The molecular formula is C18H16ClN3O2. The Hall–Kier alpha value is -2.79. The molecule has 5 nitrogen and oxygen atoms in total. The van der Waals surface area contributed by atoms with Gasteiger partial charge >= 0.3 is 5.97 Å². The highest BCUT2D eigenvalue weighted by molar-refractivity contribution is 6.30. The van der Waals surface area contributed by atoms with E-state index in [0.29, 0.717) is 17.4 Å². The lowest BCUT2D eigenvalue weighted by molar-refractivity contribution is 0.0698. The second-order valence-electron chi connectivity index (χ2n) is 5.31. The van der Waals surface area contributed by atoms with Crippen LogP contribution in [0.15, 0.2) is 54.6 Å². The molecular weight excluding hydrogens is 326 g/mol. The first kappa shape index (κ1) is 16.1. The molecule has 0 aliphatic rings. The Balaban J connectivity index is 1.93. The summed E-state index contributed by atoms with van der Waals surface area (Å²) in [5.41, 5.74) is 3.33. The van der Waals surface area contributed by atoms with E-state index in [1.165, 1.54) is 0 Å². The molecule has 0 amide bonds. The Morgan fingerprint density at radius 3 is 2.54 bits per heavy atom. The summed E-state index contributed by atoms with van der Waals surface area (Å²) in [4.78, 5) is 11.3. The molecule has 3 aromatic rings. The molecule has 0 atom stereocenters. The van der Waals surface area contributed by atoms with E-state index in [-0.39, 0.29) is 5.56 Å². The van der Waals surface area contributed by atoms with Gasteiger partial charge < -0.3 is 10.4 Å². The summed E-state index contributed by atoms with van der Waals surface area (Å²) in [7, 11) is 1.78. The van der Waals surface area contributed by atoms with E-state index in [0.717, 1.165) is 16.8 Å². The zero-order chi connectivity index (χ0) is 17.1. The van der Waals surface area contributed by atoms with Gasteiger partial charge in [-0.05, 0) is 12.1 Å². The van der Waals surface area contributed by atoms with Crippen molar-refractivity contribution in [3.8, 4) is 11.3 Å². The topological polar surface area (TPSA) is 67.2 Å². The van der Waals surface area contributed by atoms with E-state index < -0.39 is 5.97 Å². The van der Waals surface area contributed by atoms with Crippen molar-refractivity contribution in [2.45, 2.75) is 6.54 Å². The molecule has 122 valence electrons. The molecule has 24 heavy (non-hydrogen) atoms. The Labute approximate surface area is 144 Å². The zero-order valence-electron chi connectivity index (χ0n) is 13.0. The van der Waals surface area contributed by atoms with Crippen LogP contribution in [0, 0.1) is 0 Å². The fraction of sp³-hybridized carbons (Fsp3) is 0.111. The summed E-state index contributed by atoms with van der Waals surface area (Å²) in [5.74, 6) is -0.973. The van der Waals surface area contributed by atoms with E-state index >= 15 is 0 Å². The van der Waals surface area contributed by atoms with E-state index in [1.807, 2.05) is 30.3 Å². The molecule has 6 heteroatoms. The van der Waals surface area contributed by atoms with Gasteiger partial charge in [0, 0.05) is 30.4 Å². The van der Waals surface area contributed by atoms with Crippen LogP contribution in [0.1, 0.15) is 15.9 Å². The van der Waals surface area contributed by atoms with Crippen LogP contribution in [0.4, 0.5) is 5.69 Å². The molecule has 0 unspecified atom stereocenters. The summed E-state index contributed by atoms with van der Waals surface area (Å²) in [6, 6.07) is 16.5. The van der Waals surface area contributed by atoms with Gasteiger partial charge in [0.15, 0.2) is 0 Å². The summed E-state index contributed by atoms with van der Waals surface area (Å²) < 4.78 is 1.62. The minimum atomic E-state index is -0.973. The summed E-state index contributed by atoms with van der Waals surface area (Å²) >= 11 is 6.38. The number of aromatic nitrogens is 2. The fourth-order valence-corrected chi connectivity index (χ4v) is 2.73. The third-order valence-corrected chi connectivity index (χ3v) is 4.20. The van der Waals surface area contributed by atoms with Gasteiger partial charge in [-0.1, -0.05) is 54.1 Å². The van der Waals surface area contributed by atoms with Gasteiger partial charge in [0.25, 0.3) is 0 Å². The number of para-hydroxylation sites is 1. The average Bonchev–Trinajstić information content (AvgIpc) is 2.89. The first-order valence-corrected chi connectivity index (χ1v) is 7.78. The van der Waals surface area contributed by atoms with Gasteiger partial charge in [-0.2, -0.15) is 5.10 Å². The Morgan fingerprint density at radius 2 is 1.83 bits per heavy atom. The Kier molecular flexibility index (Phi) is 4.53. The van der Waals surface area contributed by atoms with E-state index in [9.17, 15) is 9.90 Å². The van der Waals surface area contributed by atoms with Crippen LogP contribution in [0.2, 0.25) is 5.15 Å². The molecule has 0 spiro atoms. The smallest absolute Gasteiger partial charge is 0.337 e. The van der Waals surface area contributed by atoms with E-state index in [1.54, 1.807) is 36.0 Å². The molecule has 3 rings (SSSR count). The molecule has 0 saturated carbocycles. The molecule has 1 aromatic heterocycles. The number of carboxylic acid groups (broad SMARTS) is 1. The van der Waals surface area contributed by atoms with Crippen LogP contribution < -0.4 is 5.32 Å². The maximum Gasteiger partial charge on any atom is 0.337 e. The third-order valence-electron chi connectivity index (χ3n) is 3.73. The molecule has 0 bridgehead atoms. The quantitative estimate of drug-likeness (QED) is 0.734. The van der Waals surface area contributed by atoms with Crippen LogP contribution in [-0.4, -0.2) is 20.9 Å². The number of halogens is 1. The first-order chi connectivity index (χ1) is 11.6. The number of anilines is 1. The van der Waals surface area contributed by atoms with Gasteiger partial charge in [-0.3, -0.25) is 4.68 Å². The highest BCUT2D eigenvalue weighted by Gasteiger charge is 2.17. The molecule has 0 fully saturated rings. The first-order valence-electron chi connectivity index (χ1n) is 7.41. The van der Waals surface area contributed by atoms with Crippen LogP contribution in [0.25, 0.3) is 11.3 Å². The van der Waals surface area contributed by atoms with Crippen LogP contribution in [-0.2, 0) is 13.6 Å². The van der Waals surface area contributed by atoms with Crippen molar-refractivity contribution in [2.75, 3.05) is 5.32 Å². The molecule has 0 aliphatic heterocycles. The maximum atomic E-state index is 11.3. The summed E-state index contributed by atoms with van der Waals surface area (Å²) in [5, 5.41) is 17.4. The molecule has 0 radical (unpaired) electrons. The molecule has 2 aromatic carbocycles. The van der Waals surface area contributed by atoms with Crippen molar-refractivity contribution in [3.05, 3.63) is 70.9 Å². The van der Waals surface area contributed by atoms with Crippen molar-refractivity contribution in [1.29, 1.82) is 0 Å². The lowest BCUT2D eigenvalue weighted by atomic mass is 10.1. The summed E-state index contributed by atoms with van der Waals surface area (Å²) in [6.07, 6.45) is 0. The number of carboxylic acids is 1. The number of rotatable bonds is 5. The molecule has 0 aliphatic carbocycles. The second-order valence-corrected chi connectivity index (χ2v) is 5.67. The minimum Gasteiger partial charge on any atom is -0.478 e. The van der Waals surface area contributed by atoms with Crippen LogP contribution in [0.5, 0.6) is 0 Å². The van der Waals surface area contributed by atoms with Gasteiger partial charge in [0.2, 0.25) is 0 Å². The van der Waals surface area contributed by atoms with E-state index in [4.69, 9.17) is 11.6 Å². The highest BCUT2D eigenvalue weighted by atomic mass is 35.5. The van der Waals surface area contributed by atoms with Crippen LogP contribution in [0.3, 0.4) is 0 Å². The predicted octanol–water partition coefficient (Wildman–Crippen LogP) is 4.05. The Morgan fingerprint density at radius 1 is 1.17 bits per heavy atom. The standard InChI is InChI=1S/C18H16ClN3O2/c1-22-17(19)14(16(21-22)12-7-3-2-4-8-12)11-20-15-10-6-5-9-13(15)18(23)24/h2-10,20H,11H2,1H3,(H,23,24). The number of nitrogens with zero attached hydrogens (tertiary/aromatic N) is 2. The third kappa shape index (κ3) is 3.12. The van der Waals surface area contributed by atoms with Crippen molar-refractivity contribution in [3.63, 3.8) is 0 Å². The van der Waals surface area contributed by atoms with E-state index in [2.05, 4.69) is 10.4 Å². The van der Waals surface area contributed by atoms with Crippen molar-refractivity contribution in [1.82, 2.24) is 9.78 Å². The van der Waals surface area contributed by atoms with Crippen molar-refractivity contribution in [2.24, 2.45) is 7.05 Å². The second kappa shape index (κ2) is 6.76. The highest BCUT2D eigenvalue weighted by Crippen LogP contribution is 2.29. The largest absolute Gasteiger partial charge is 0.478 e. The number of aryl methyl sites for hydroxylation is 1. The molecule has 1 heterocycles. The SMILES string of the molecule is Cn1nc(-c2ccccc2)c(CNc2ccccc2C(=O)O)c1Cl. The number of hydrogen-bond acceptors (Lipinski definition) is 3. The number of aromatic carboxylic acids is 1. The number of benzene rings is 2. The number of hydrogen-bond donors (Lipinski definition) is 2. The Bertz CT molecular complexity index is 875. The normalized spacial score (nSPS) is 10.6. The van der Waals surface area contributed by atoms with Crippen LogP contribution >= 0.6 is 11.6 Å². The fourth-order valence-electron chi connectivity index (χ4n) is 2.54. The maximum absolute atomic E-state index is 11.3. The average molecular weight is 342 g/mol. The van der Waals surface area contributed by atoms with Crippen molar-refractivity contribution < 1.29 is 9.90 Å². The number of nitrogens with one attached hydrogen (secondary N) is 1. The summed E-state index contributed by atoms with van der Waals surface area (Å²) in [6.45, 7) is 0.376. The lowest BCUT2D eigenvalue weighted by Crippen LogP contribution is -2.06. The predicted molar refractivity (Wildman–Crippen MR) is 94.4 cm³/mol. The van der Waals surface area contributed by atoms with Gasteiger partial charge in [-0.25, -0.2) is 4.79 Å². The molecule has 0 saturated heterocycles. The lowest BCUT2D eigenvalue weighted by Gasteiger charge is -2.10. The number of carbonyl (C=O) groups is 1. The minimum absolute atomic E-state index is 0.221. The van der Waals surface area contributed by atoms with Crippen molar-refractivity contribution >= 4 is 23.3 Å².